The van der Waals surface area contributed by atoms with E-state index < -0.39 is 25.1 Å². The molecule has 2 N–H and O–H groups in total. The van der Waals surface area contributed by atoms with E-state index in [0.717, 1.165) is 0 Å². The van der Waals surface area contributed by atoms with E-state index in [-0.39, 0.29) is 18.6 Å². The second kappa shape index (κ2) is 10.5. The fraction of sp³-hybridized carbons (Fsp3) is 0.350. The first-order valence-electron chi connectivity index (χ1n) is 8.57. The summed E-state index contributed by atoms with van der Waals surface area (Å²) >= 11 is 0. The highest BCUT2D eigenvalue weighted by Gasteiger charge is 2.34. The quantitative estimate of drug-likeness (QED) is 0.514. The Labute approximate surface area is 172 Å². The van der Waals surface area contributed by atoms with Crippen LogP contribution in [-0.2, 0) is 14.1 Å². The van der Waals surface area contributed by atoms with Crippen LogP contribution in [0.1, 0.15) is 6.92 Å². The highest BCUT2D eigenvalue weighted by molar-refractivity contribution is 7.78. The van der Waals surface area contributed by atoms with Crippen LogP contribution in [0.3, 0.4) is 0 Å². The molecule has 6 nitrogen and oxygen atoms in total. The van der Waals surface area contributed by atoms with Gasteiger partial charge in [0.25, 0.3) is 0 Å². The van der Waals surface area contributed by atoms with Crippen LogP contribution in [0.25, 0.3) is 0 Å². The summed E-state index contributed by atoms with van der Waals surface area (Å²) < 4.78 is 29.3. The van der Waals surface area contributed by atoms with Crippen molar-refractivity contribution in [3.05, 3.63) is 48.5 Å². The van der Waals surface area contributed by atoms with Crippen molar-refractivity contribution in [1.29, 1.82) is 0 Å². The molecule has 0 saturated carbocycles. The summed E-state index contributed by atoms with van der Waals surface area (Å²) in [5.74, 6) is 0.359. The van der Waals surface area contributed by atoms with Gasteiger partial charge >= 0.3 is 5.97 Å². The maximum atomic E-state index is 14.1. The van der Waals surface area contributed by atoms with Crippen LogP contribution in [0.4, 0.5) is 0 Å². The van der Waals surface area contributed by atoms with E-state index in [1.54, 1.807) is 69.7 Å². The smallest absolute Gasteiger partial charge is 0.309 e. The number of carbonyl (C=O) groups is 1. The lowest BCUT2D eigenvalue weighted by Crippen LogP contribution is -2.39. The van der Waals surface area contributed by atoms with Crippen LogP contribution in [0.5, 0.6) is 11.5 Å². The Hall–Kier alpha value is -2.01. The van der Waals surface area contributed by atoms with E-state index in [1.807, 2.05) is 0 Å². The number of methoxy groups -OCH3 is 3. The number of nitrogens with two attached hydrogens (primary N) is 1. The topological polar surface area (TPSA) is 87.9 Å². The Kier molecular flexibility index (Phi) is 9.02. The van der Waals surface area contributed by atoms with E-state index in [9.17, 15) is 9.36 Å². The molecule has 0 fully saturated rings. The Morgan fingerprint density at radius 2 is 1.32 bits per heavy atom. The average molecular weight is 428 g/mol. The molecule has 2 rings (SSSR count). The summed E-state index contributed by atoms with van der Waals surface area (Å²) in [5.41, 5.74) is 6.24. The molecule has 0 aliphatic heterocycles. The van der Waals surface area contributed by atoms with Gasteiger partial charge in [-0.2, -0.15) is 0 Å². The van der Waals surface area contributed by atoms with Crippen molar-refractivity contribution in [1.82, 2.24) is 0 Å². The number of carbonyl (C=O) groups excluding carboxylic acids is 1. The van der Waals surface area contributed by atoms with Gasteiger partial charge in [0.15, 0.2) is 0 Å². The predicted molar refractivity (Wildman–Crippen MR) is 114 cm³/mol. The Morgan fingerprint density at radius 3 is 1.64 bits per heavy atom. The molecule has 0 spiro atoms. The average Bonchev–Trinajstić information content (AvgIpc) is 2.72. The molecule has 0 bridgehead atoms. The van der Waals surface area contributed by atoms with Crippen LogP contribution >= 0.6 is 19.5 Å². The lowest BCUT2D eigenvalue weighted by atomic mass is 10.1. The predicted octanol–water partition coefficient (Wildman–Crippen LogP) is 2.58. The van der Waals surface area contributed by atoms with Crippen molar-refractivity contribution in [3.63, 3.8) is 0 Å². The van der Waals surface area contributed by atoms with E-state index >= 15 is 0 Å². The fourth-order valence-electron chi connectivity index (χ4n) is 2.82. The minimum absolute atomic E-state index is 0. The molecule has 0 amide bonds. The highest BCUT2D eigenvalue weighted by Crippen LogP contribution is 2.45. The summed E-state index contributed by atoms with van der Waals surface area (Å²) in [4.78, 5) is 11.9. The van der Waals surface area contributed by atoms with Crippen LogP contribution < -0.4 is 25.8 Å². The van der Waals surface area contributed by atoms with Crippen LogP contribution in [0.2, 0.25) is 0 Å². The Morgan fingerprint density at radius 1 is 0.929 bits per heavy atom. The monoisotopic (exact) mass is 427 g/mol. The number of ether oxygens (including phenoxy) is 3. The Bertz CT molecular complexity index is 759. The molecule has 2 atom stereocenters. The van der Waals surface area contributed by atoms with Gasteiger partial charge in [0.2, 0.25) is 0 Å². The zero-order valence-corrected chi connectivity index (χ0v) is 18.2. The highest BCUT2D eigenvalue weighted by atomic mass is 35.5. The third kappa shape index (κ3) is 5.28. The molecule has 2 unspecified atom stereocenters. The molecule has 2 aromatic carbocycles. The van der Waals surface area contributed by atoms with Crippen molar-refractivity contribution in [3.8, 4) is 11.5 Å². The van der Waals surface area contributed by atoms with E-state index in [1.165, 1.54) is 7.11 Å². The zero-order valence-electron chi connectivity index (χ0n) is 16.5. The molecule has 2 aromatic rings. The summed E-state index contributed by atoms with van der Waals surface area (Å²) in [7, 11) is 1.38. The van der Waals surface area contributed by atoms with Crippen molar-refractivity contribution >= 4 is 36.1 Å². The summed E-state index contributed by atoms with van der Waals surface area (Å²) in [6, 6.07) is 13.5. The van der Waals surface area contributed by atoms with Crippen molar-refractivity contribution in [2.75, 3.05) is 27.5 Å². The van der Waals surface area contributed by atoms with Gasteiger partial charge in [-0.3, -0.25) is 4.79 Å². The lowest BCUT2D eigenvalue weighted by molar-refractivity contribution is -0.145. The van der Waals surface area contributed by atoms with Gasteiger partial charge in [-0.15, -0.1) is 12.4 Å². The normalized spacial score (nSPS) is 13.0. The fourth-order valence-corrected chi connectivity index (χ4v) is 5.71. The second-order valence-electron chi connectivity index (χ2n) is 6.29. The van der Waals surface area contributed by atoms with Crippen molar-refractivity contribution < 1.29 is 23.6 Å². The number of esters is 1. The molecule has 0 radical (unpaired) electrons. The molecule has 28 heavy (non-hydrogen) atoms. The molecular weight excluding hydrogens is 401 g/mol. The number of halogens is 1. The van der Waals surface area contributed by atoms with Crippen molar-refractivity contribution in [2.45, 2.75) is 13.0 Å². The molecule has 0 aromatic heterocycles. The molecule has 0 heterocycles. The molecule has 8 heteroatoms. The first kappa shape index (κ1) is 24.0. The first-order chi connectivity index (χ1) is 12.8. The van der Waals surface area contributed by atoms with Gasteiger partial charge in [-0.05, 0) is 48.5 Å². The molecule has 0 aliphatic rings. The van der Waals surface area contributed by atoms with Crippen molar-refractivity contribution in [2.24, 2.45) is 11.7 Å². The standard InChI is InChI=1S/C20H26NO5P.ClH/c1-14(20(22)26-4)19(21)13-27(23,17-9-5-15(24-2)6-10-17)18-11-7-16(25-3)8-12-18;/h5-12,14,19H,13,21H2,1-4H3;1H. The van der Waals surface area contributed by atoms with Gasteiger partial charge in [0.05, 0.1) is 27.2 Å². The van der Waals surface area contributed by atoms with Crippen LogP contribution in [0, 0.1) is 5.92 Å². The minimum atomic E-state index is -3.09. The lowest BCUT2D eigenvalue weighted by Gasteiger charge is -2.25. The van der Waals surface area contributed by atoms with Gasteiger partial charge in [0, 0.05) is 22.8 Å². The van der Waals surface area contributed by atoms with E-state index in [2.05, 4.69) is 0 Å². The minimum Gasteiger partial charge on any atom is -0.497 e. The van der Waals surface area contributed by atoms with Gasteiger partial charge in [-0.25, -0.2) is 0 Å². The van der Waals surface area contributed by atoms with Crippen LogP contribution in [-0.4, -0.2) is 39.5 Å². The Balaban J connectivity index is 0.00000392. The van der Waals surface area contributed by atoms with Gasteiger partial charge < -0.3 is 24.5 Å². The molecular formula is C20H27ClNO5P. The SMILES string of the molecule is COC(=O)C(C)C(N)CP(=O)(c1ccc(OC)cc1)c1ccc(OC)cc1.Cl. The third-order valence-corrected chi connectivity index (χ3v) is 7.86. The number of hydrogen-bond donors (Lipinski definition) is 1. The second-order valence-corrected chi connectivity index (χ2v) is 9.17. The van der Waals surface area contributed by atoms with Gasteiger partial charge in [-0.1, -0.05) is 6.92 Å². The molecule has 154 valence electrons. The van der Waals surface area contributed by atoms with E-state index in [4.69, 9.17) is 19.9 Å². The molecule has 0 saturated heterocycles. The number of benzene rings is 2. The van der Waals surface area contributed by atoms with Gasteiger partial charge in [0.1, 0.15) is 18.6 Å². The van der Waals surface area contributed by atoms with E-state index in [0.29, 0.717) is 22.1 Å². The maximum absolute atomic E-state index is 14.1. The summed E-state index contributed by atoms with van der Waals surface area (Å²) in [5, 5.41) is 1.31. The summed E-state index contributed by atoms with van der Waals surface area (Å²) in [6.07, 6.45) is 0.141. The molecule has 0 aliphatic carbocycles. The maximum Gasteiger partial charge on any atom is 0.309 e. The zero-order chi connectivity index (χ0) is 20.0. The number of hydrogen-bond acceptors (Lipinski definition) is 6. The third-order valence-electron chi connectivity index (χ3n) is 4.66. The first-order valence-corrected chi connectivity index (χ1v) is 10.5. The largest absolute Gasteiger partial charge is 0.497 e. The number of rotatable bonds is 8. The summed E-state index contributed by atoms with van der Waals surface area (Å²) in [6.45, 7) is 1.68. The van der Waals surface area contributed by atoms with Crippen LogP contribution in [0.15, 0.2) is 48.5 Å².